The molecule has 14 heavy (non-hydrogen) atoms. The average molecular weight is 196 g/mol. The van der Waals surface area contributed by atoms with E-state index in [0.29, 0.717) is 0 Å². The predicted octanol–water partition coefficient (Wildman–Crippen LogP) is 3.36. The molecule has 0 aliphatic heterocycles. The molecule has 1 N–H and O–H groups in total. The maximum Gasteiger partial charge on any atom is 0.0647 e. The smallest absolute Gasteiger partial charge is 0.0647 e. The van der Waals surface area contributed by atoms with Crippen LogP contribution in [0.4, 0.5) is 0 Å². The van der Waals surface area contributed by atoms with E-state index in [0.717, 1.165) is 5.92 Å². The van der Waals surface area contributed by atoms with Crippen LogP contribution in [-0.2, 0) is 0 Å². The molecular weight excluding hydrogens is 172 g/mol. The Morgan fingerprint density at radius 2 is 1.71 bits per heavy atom. The average Bonchev–Trinajstić information content (AvgIpc) is 2.14. The van der Waals surface area contributed by atoms with E-state index in [4.69, 9.17) is 0 Å². The summed E-state index contributed by atoms with van der Waals surface area (Å²) >= 11 is 0. The highest BCUT2D eigenvalue weighted by Gasteiger charge is 2.51. The first-order valence-corrected chi connectivity index (χ1v) is 6.15. The van der Waals surface area contributed by atoms with Crippen LogP contribution in [0.15, 0.2) is 0 Å². The molecule has 1 heteroatoms. The molecule has 0 aromatic heterocycles. The Morgan fingerprint density at radius 1 is 1.00 bits per heavy atom. The van der Waals surface area contributed by atoms with Gasteiger partial charge >= 0.3 is 0 Å². The molecule has 2 rings (SSSR count). The molecule has 2 aliphatic carbocycles. The van der Waals surface area contributed by atoms with Crippen LogP contribution < -0.4 is 0 Å². The lowest BCUT2D eigenvalue weighted by Gasteiger charge is -2.54. The maximum atomic E-state index is 10.5. The van der Waals surface area contributed by atoms with Gasteiger partial charge in [-0.3, -0.25) is 0 Å². The van der Waals surface area contributed by atoms with Gasteiger partial charge in [0.05, 0.1) is 6.10 Å². The van der Waals surface area contributed by atoms with Crippen LogP contribution in [0.2, 0.25) is 0 Å². The summed E-state index contributed by atoms with van der Waals surface area (Å²) in [7, 11) is 0. The van der Waals surface area contributed by atoms with Gasteiger partial charge in [-0.25, -0.2) is 0 Å². The molecule has 0 heterocycles. The van der Waals surface area contributed by atoms with Gasteiger partial charge in [-0.15, -0.1) is 0 Å². The molecule has 2 aliphatic rings. The normalized spacial score (nSPS) is 47.1. The van der Waals surface area contributed by atoms with Crippen molar-refractivity contribution in [2.24, 2.45) is 16.7 Å². The number of aliphatic hydroxyl groups excluding tert-OH is 1. The van der Waals surface area contributed by atoms with Crippen molar-refractivity contribution in [1.29, 1.82) is 0 Å². The highest BCUT2D eigenvalue weighted by atomic mass is 16.3. The molecular formula is C13H24O. The van der Waals surface area contributed by atoms with E-state index in [1.54, 1.807) is 0 Å². The van der Waals surface area contributed by atoms with Crippen molar-refractivity contribution < 1.29 is 5.11 Å². The van der Waals surface area contributed by atoms with E-state index in [2.05, 4.69) is 20.8 Å². The third-order valence-corrected chi connectivity index (χ3v) is 4.95. The van der Waals surface area contributed by atoms with Gasteiger partial charge in [0.1, 0.15) is 0 Å². The maximum absolute atomic E-state index is 10.5. The fraction of sp³-hybridized carbons (Fsp3) is 1.00. The molecule has 3 unspecified atom stereocenters. The summed E-state index contributed by atoms with van der Waals surface area (Å²) in [6, 6.07) is 0. The van der Waals surface area contributed by atoms with Crippen molar-refractivity contribution in [1.82, 2.24) is 0 Å². The van der Waals surface area contributed by atoms with Crippen molar-refractivity contribution in [2.45, 2.75) is 65.4 Å². The molecule has 0 spiro atoms. The van der Waals surface area contributed by atoms with Gasteiger partial charge in [-0.1, -0.05) is 33.6 Å². The highest BCUT2D eigenvalue weighted by molar-refractivity contribution is 5.01. The monoisotopic (exact) mass is 196 g/mol. The fourth-order valence-corrected chi connectivity index (χ4v) is 3.84. The summed E-state index contributed by atoms with van der Waals surface area (Å²) in [4.78, 5) is 0. The van der Waals surface area contributed by atoms with Gasteiger partial charge < -0.3 is 5.11 Å². The predicted molar refractivity (Wildman–Crippen MR) is 59.1 cm³/mol. The Kier molecular flexibility index (Phi) is 2.42. The molecule has 2 fully saturated rings. The lowest BCUT2D eigenvalue weighted by atomic mass is 9.53. The third-order valence-electron chi connectivity index (χ3n) is 4.95. The summed E-state index contributed by atoms with van der Waals surface area (Å²) in [5, 5.41) is 10.5. The first kappa shape index (κ1) is 10.5. The molecule has 0 aromatic carbocycles. The van der Waals surface area contributed by atoms with Crippen LogP contribution in [0.5, 0.6) is 0 Å². The molecule has 0 amide bonds. The molecule has 0 bridgehead atoms. The number of aliphatic hydroxyl groups is 1. The van der Waals surface area contributed by atoms with Crippen LogP contribution in [0.3, 0.4) is 0 Å². The van der Waals surface area contributed by atoms with Crippen LogP contribution in [0.25, 0.3) is 0 Å². The Morgan fingerprint density at radius 3 is 2.43 bits per heavy atom. The number of hydrogen-bond acceptors (Lipinski definition) is 1. The topological polar surface area (TPSA) is 20.2 Å². The minimum absolute atomic E-state index is 0.0888. The van der Waals surface area contributed by atoms with Crippen molar-refractivity contribution >= 4 is 0 Å². The molecule has 2 saturated carbocycles. The lowest BCUT2D eigenvalue weighted by Crippen LogP contribution is -2.52. The van der Waals surface area contributed by atoms with Gasteiger partial charge in [0.15, 0.2) is 0 Å². The molecule has 1 nitrogen and oxygen atoms in total. The lowest BCUT2D eigenvalue weighted by molar-refractivity contribution is -0.132. The zero-order valence-corrected chi connectivity index (χ0v) is 9.84. The van der Waals surface area contributed by atoms with Crippen LogP contribution in [-0.4, -0.2) is 11.2 Å². The first-order valence-electron chi connectivity index (χ1n) is 6.15. The number of hydrogen-bond donors (Lipinski definition) is 1. The summed E-state index contributed by atoms with van der Waals surface area (Å²) in [5.74, 6) is 0.791. The molecule has 0 aromatic rings. The second-order valence-corrected chi connectivity index (χ2v) is 6.38. The Bertz CT molecular complexity index is 221. The van der Waals surface area contributed by atoms with Gasteiger partial charge in [0, 0.05) is 0 Å². The minimum atomic E-state index is -0.0888. The van der Waals surface area contributed by atoms with E-state index >= 15 is 0 Å². The van der Waals surface area contributed by atoms with Crippen molar-refractivity contribution in [3.05, 3.63) is 0 Å². The second-order valence-electron chi connectivity index (χ2n) is 6.38. The van der Waals surface area contributed by atoms with Crippen molar-refractivity contribution in [2.75, 3.05) is 0 Å². The van der Waals surface area contributed by atoms with Crippen molar-refractivity contribution in [3.63, 3.8) is 0 Å². The van der Waals surface area contributed by atoms with Crippen LogP contribution in [0.1, 0.15) is 59.3 Å². The largest absolute Gasteiger partial charge is 0.392 e. The fourth-order valence-electron chi connectivity index (χ4n) is 3.84. The molecule has 3 atom stereocenters. The summed E-state index contributed by atoms with van der Waals surface area (Å²) in [5.41, 5.74) is 0.364. The number of rotatable bonds is 0. The highest BCUT2D eigenvalue weighted by Crippen LogP contribution is 2.55. The van der Waals surface area contributed by atoms with Crippen LogP contribution in [0, 0.1) is 16.7 Å². The summed E-state index contributed by atoms with van der Waals surface area (Å²) < 4.78 is 0. The van der Waals surface area contributed by atoms with Gasteiger partial charge in [0.25, 0.3) is 0 Å². The SMILES string of the molecule is CC1(C)CCC2CCCCC2(C)C1O. The molecule has 82 valence electrons. The Balaban J connectivity index is 2.24. The Hall–Kier alpha value is -0.0400. The van der Waals surface area contributed by atoms with Crippen LogP contribution >= 0.6 is 0 Å². The third kappa shape index (κ3) is 1.41. The second kappa shape index (κ2) is 3.23. The molecule has 0 radical (unpaired) electrons. The van der Waals surface area contributed by atoms with E-state index < -0.39 is 0 Å². The Labute approximate surface area is 87.9 Å². The summed E-state index contributed by atoms with van der Waals surface area (Å²) in [6.45, 7) is 6.78. The standard InChI is InChI=1S/C13H24O/c1-12(2)9-7-10-6-4-5-8-13(10,3)11(12)14/h10-11,14H,4-9H2,1-3H3. The van der Waals surface area contributed by atoms with Gasteiger partial charge in [-0.05, 0) is 42.4 Å². The zero-order chi connectivity index (χ0) is 10.4. The number of fused-ring (bicyclic) bond motifs is 1. The van der Waals surface area contributed by atoms with Gasteiger partial charge in [0.2, 0.25) is 0 Å². The molecule has 0 saturated heterocycles. The van der Waals surface area contributed by atoms with E-state index in [1.165, 1.54) is 38.5 Å². The first-order chi connectivity index (χ1) is 6.47. The van der Waals surface area contributed by atoms with E-state index in [-0.39, 0.29) is 16.9 Å². The van der Waals surface area contributed by atoms with Gasteiger partial charge in [-0.2, -0.15) is 0 Å². The quantitative estimate of drug-likeness (QED) is 0.630. The minimum Gasteiger partial charge on any atom is -0.392 e. The van der Waals surface area contributed by atoms with E-state index in [1.807, 2.05) is 0 Å². The summed E-state index contributed by atoms with van der Waals surface area (Å²) in [6.07, 6.45) is 7.74. The van der Waals surface area contributed by atoms with Crippen molar-refractivity contribution in [3.8, 4) is 0 Å². The zero-order valence-electron chi connectivity index (χ0n) is 9.84. The van der Waals surface area contributed by atoms with E-state index in [9.17, 15) is 5.11 Å².